The highest BCUT2D eigenvalue weighted by Gasteiger charge is 2.54. The van der Waals surface area contributed by atoms with Crippen LogP contribution >= 0.6 is 0 Å². The van der Waals surface area contributed by atoms with E-state index in [1.165, 1.54) is 0 Å². The zero-order valence-corrected chi connectivity index (χ0v) is 7.22. The minimum Gasteiger partial charge on any atom is -0.296 e. The highest BCUT2D eigenvalue weighted by Crippen LogP contribution is 2.51. The predicted octanol–water partition coefficient (Wildman–Crippen LogP) is 0.839. The van der Waals surface area contributed by atoms with Crippen molar-refractivity contribution in [2.45, 2.75) is 32.6 Å². The largest absolute Gasteiger partial charge is 0.296 e. The van der Waals surface area contributed by atoms with Crippen LogP contribution < -0.4 is 5.32 Å². The van der Waals surface area contributed by atoms with Crippen LogP contribution in [0.2, 0.25) is 0 Å². The van der Waals surface area contributed by atoms with Gasteiger partial charge < -0.3 is 0 Å². The van der Waals surface area contributed by atoms with Crippen LogP contribution in [0, 0.1) is 11.3 Å². The average Bonchev–Trinajstić information content (AvgIpc) is 2.79. The number of hydrogen-bond donors (Lipinski definition) is 1. The minimum atomic E-state index is -0.322. The summed E-state index contributed by atoms with van der Waals surface area (Å²) in [5.74, 6) is 0.361. The van der Waals surface area contributed by atoms with Gasteiger partial charge in [0.15, 0.2) is 0 Å². The van der Waals surface area contributed by atoms with Gasteiger partial charge in [-0.05, 0) is 25.2 Å². The van der Waals surface area contributed by atoms with E-state index in [1.54, 1.807) is 0 Å². The van der Waals surface area contributed by atoms with Crippen molar-refractivity contribution in [2.24, 2.45) is 11.3 Å². The first kappa shape index (κ1) is 7.77. The summed E-state index contributed by atoms with van der Waals surface area (Å²) >= 11 is 0. The van der Waals surface area contributed by atoms with Crippen LogP contribution in [0.4, 0.5) is 0 Å². The van der Waals surface area contributed by atoms with Gasteiger partial charge in [0.1, 0.15) is 0 Å². The fourth-order valence-electron chi connectivity index (χ4n) is 2.20. The Balaban J connectivity index is 2.26. The maximum atomic E-state index is 11.5. The average molecular weight is 167 g/mol. The monoisotopic (exact) mass is 167 g/mol. The van der Waals surface area contributed by atoms with E-state index in [-0.39, 0.29) is 17.2 Å². The molecule has 1 saturated carbocycles. The molecule has 2 fully saturated rings. The van der Waals surface area contributed by atoms with Gasteiger partial charge in [-0.15, -0.1) is 0 Å². The molecule has 1 saturated heterocycles. The first-order chi connectivity index (χ1) is 5.69. The molecule has 0 bridgehead atoms. The van der Waals surface area contributed by atoms with E-state index in [1.807, 2.05) is 6.92 Å². The predicted molar refractivity (Wildman–Crippen MR) is 43.2 cm³/mol. The number of amides is 2. The lowest BCUT2D eigenvalue weighted by molar-refractivity contribution is -0.129. The fourth-order valence-corrected chi connectivity index (χ4v) is 2.20. The molecule has 1 N–H and O–H groups in total. The Kier molecular flexibility index (Phi) is 1.50. The van der Waals surface area contributed by atoms with Gasteiger partial charge in [0.25, 0.3) is 0 Å². The van der Waals surface area contributed by atoms with Gasteiger partial charge in [-0.25, -0.2) is 0 Å². The number of carbonyl (C=O) groups is 2. The molecule has 0 aromatic carbocycles. The molecular formula is C9H13NO2. The number of hydrogen-bond acceptors (Lipinski definition) is 2. The Labute approximate surface area is 71.5 Å². The van der Waals surface area contributed by atoms with Crippen LogP contribution in [0.1, 0.15) is 32.6 Å². The normalized spacial score (nSPS) is 35.4. The molecule has 1 aliphatic carbocycles. The van der Waals surface area contributed by atoms with Crippen molar-refractivity contribution in [3.8, 4) is 0 Å². The van der Waals surface area contributed by atoms with Crippen LogP contribution in [0.3, 0.4) is 0 Å². The Morgan fingerprint density at radius 1 is 1.50 bits per heavy atom. The molecule has 0 radical (unpaired) electrons. The van der Waals surface area contributed by atoms with Crippen LogP contribution in [0.5, 0.6) is 0 Å². The van der Waals surface area contributed by atoms with Crippen LogP contribution in [-0.2, 0) is 9.59 Å². The van der Waals surface area contributed by atoms with Crippen molar-refractivity contribution in [3.63, 3.8) is 0 Å². The van der Waals surface area contributed by atoms with E-state index in [2.05, 4.69) is 5.32 Å². The highest BCUT2D eigenvalue weighted by atomic mass is 16.2. The minimum absolute atomic E-state index is 0.0301. The Morgan fingerprint density at radius 2 is 2.17 bits per heavy atom. The molecular weight excluding hydrogens is 154 g/mol. The third kappa shape index (κ3) is 0.886. The number of rotatable bonds is 2. The highest BCUT2D eigenvalue weighted by molar-refractivity contribution is 6.06. The van der Waals surface area contributed by atoms with Crippen molar-refractivity contribution >= 4 is 11.8 Å². The third-order valence-electron chi connectivity index (χ3n) is 3.17. The zero-order chi connectivity index (χ0) is 8.77. The fraction of sp³-hybridized carbons (Fsp3) is 0.778. The topological polar surface area (TPSA) is 46.2 Å². The lowest BCUT2D eigenvalue weighted by Crippen LogP contribution is -2.32. The van der Waals surface area contributed by atoms with E-state index in [9.17, 15) is 9.59 Å². The Morgan fingerprint density at radius 3 is 2.50 bits per heavy atom. The second-order valence-electron chi connectivity index (χ2n) is 3.84. The van der Waals surface area contributed by atoms with Crippen LogP contribution in [-0.4, -0.2) is 11.8 Å². The van der Waals surface area contributed by atoms with Gasteiger partial charge in [-0.3, -0.25) is 14.9 Å². The molecule has 2 aliphatic rings. The van der Waals surface area contributed by atoms with Crippen LogP contribution in [0.25, 0.3) is 0 Å². The van der Waals surface area contributed by atoms with Crippen molar-refractivity contribution in [3.05, 3.63) is 0 Å². The van der Waals surface area contributed by atoms with Crippen molar-refractivity contribution in [1.29, 1.82) is 0 Å². The van der Waals surface area contributed by atoms with Gasteiger partial charge in [-0.1, -0.05) is 6.92 Å². The zero-order valence-electron chi connectivity index (χ0n) is 7.22. The molecule has 12 heavy (non-hydrogen) atoms. The van der Waals surface area contributed by atoms with Crippen molar-refractivity contribution in [2.75, 3.05) is 0 Å². The summed E-state index contributed by atoms with van der Waals surface area (Å²) in [7, 11) is 0. The van der Waals surface area contributed by atoms with Crippen molar-refractivity contribution in [1.82, 2.24) is 5.32 Å². The van der Waals surface area contributed by atoms with E-state index < -0.39 is 0 Å². The number of carbonyl (C=O) groups excluding carboxylic acids is 2. The first-order valence-electron chi connectivity index (χ1n) is 4.53. The molecule has 3 nitrogen and oxygen atoms in total. The van der Waals surface area contributed by atoms with Gasteiger partial charge in [-0.2, -0.15) is 0 Å². The Hall–Kier alpha value is -0.860. The van der Waals surface area contributed by atoms with Gasteiger partial charge in [0.2, 0.25) is 11.8 Å². The summed E-state index contributed by atoms with van der Waals surface area (Å²) in [5.41, 5.74) is -0.322. The second-order valence-corrected chi connectivity index (χ2v) is 3.84. The lowest BCUT2D eigenvalue weighted by Gasteiger charge is -2.22. The molecule has 3 heteroatoms. The number of imide groups is 1. The molecule has 1 unspecified atom stereocenters. The summed E-state index contributed by atoms with van der Waals surface area (Å²) in [4.78, 5) is 22.5. The van der Waals surface area contributed by atoms with Crippen LogP contribution in [0.15, 0.2) is 0 Å². The van der Waals surface area contributed by atoms with E-state index in [0.717, 1.165) is 19.3 Å². The second kappa shape index (κ2) is 2.31. The maximum Gasteiger partial charge on any atom is 0.233 e. The number of nitrogens with one attached hydrogen (secondary N) is 1. The summed E-state index contributed by atoms with van der Waals surface area (Å²) in [5, 5.41) is 2.40. The molecule has 0 spiro atoms. The molecule has 2 amide bonds. The quantitative estimate of drug-likeness (QED) is 0.619. The molecule has 2 rings (SSSR count). The van der Waals surface area contributed by atoms with E-state index >= 15 is 0 Å². The summed E-state index contributed by atoms with van der Waals surface area (Å²) in [6.07, 6.45) is 3.46. The summed E-state index contributed by atoms with van der Waals surface area (Å²) in [6.45, 7) is 2.00. The molecule has 66 valence electrons. The smallest absolute Gasteiger partial charge is 0.233 e. The molecule has 1 aliphatic heterocycles. The molecule has 1 heterocycles. The van der Waals surface area contributed by atoms with E-state index in [4.69, 9.17) is 0 Å². The summed E-state index contributed by atoms with van der Waals surface area (Å²) in [6, 6.07) is 0. The first-order valence-corrected chi connectivity index (χ1v) is 4.53. The summed E-state index contributed by atoms with van der Waals surface area (Å²) < 4.78 is 0. The molecule has 0 aromatic heterocycles. The molecule has 0 aromatic rings. The van der Waals surface area contributed by atoms with Gasteiger partial charge in [0, 0.05) is 6.42 Å². The molecule has 1 atom stereocenters. The van der Waals surface area contributed by atoms with E-state index in [0.29, 0.717) is 12.3 Å². The SMILES string of the molecule is CCC1(C2CC2)CC(=O)NC1=O. The lowest BCUT2D eigenvalue weighted by atomic mass is 9.78. The van der Waals surface area contributed by atoms with Gasteiger partial charge in [0.05, 0.1) is 5.41 Å². The van der Waals surface area contributed by atoms with Gasteiger partial charge >= 0.3 is 0 Å². The maximum absolute atomic E-state index is 11.5. The third-order valence-corrected chi connectivity index (χ3v) is 3.17. The standard InChI is InChI=1S/C9H13NO2/c1-2-9(6-3-4-6)5-7(11)10-8(9)12/h6H,2-5H2,1H3,(H,10,11,12). The Bertz CT molecular complexity index is 245. The van der Waals surface area contributed by atoms with Crippen molar-refractivity contribution < 1.29 is 9.59 Å².